The fourth-order valence-electron chi connectivity index (χ4n) is 2.33. The van der Waals surface area contributed by atoms with Crippen molar-refractivity contribution in [2.45, 2.75) is 41.9 Å². The minimum absolute atomic E-state index is 0.160. The Balaban J connectivity index is 2.21. The molecule has 0 spiro atoms. The molecule has 0 aromatic carbocycles. The molecule has 102 valence electrons. The molecular formula is C11H18N2O3S2. The Bertz CT molecular complexity index is 504. The molecule has 1 aromatic rings. The van der Waals surface area contributed by atoms with E-state index in [1.165, 1.54) is 6.07 Å². The van der Waals surface area contributed by atoms with Gasteiger partial charge >= 0.3 is 0 Å². The predicted molar refractivity (Wildman–Crippen MR) is 72.0 cm³/mol. The van der Waals surface area contributed by atoms with Crippen LogP contribution in [0.3, 0.4) is 0 Å². The largest absolute Gasteiger partial charge is 0.398 e. The first-order valence-corrected chi connectivity index (χ1v) is 8.33. The Hall–Kier alpha value is -0.630. The second-order valence-corrected chi connectivity index (χ2v) is 7.62. The normalized spacial score (nSPS) is 19.8. The molecule has 0 atom stereocenters. The number of nitrogens with one attached hydrogen (secondary N) is 1. The van der Waals surface area contributed by atoms with Gasteiger partial charge in [-0.15, -0.1) is 11.3 Å². The van der Waals surface area contributed by atoms with E-state index in [9.17, 15) is 13.5 Å². The standard InChI is InChI=1S/C11H18N2O3S2/c12-9-6-10(17-7-9)18(15,16)13-11(8-14)4-2-1-3-5-11/h6-7,13-14H,1-5,8,12H2. The van der Waals surface area contributed by atoms with Gasteiger partial charge in [-0.2, -0.15) is 0 Å². The molecule has 18 heavy (non-hydrogen) atoms. The molecule has 1 aromatic heterocycles. The molecule has 0 amide bonds. The van der Waals surface area contributed by atoms with Crippen molar-refractivity contribution in [1.29, 1.82) is 0 Å². The summed E-state index contributed by atoms with van der Waals surface area (Å²) in [6.45, 7) is -0.160. The number of hydrogen-bond acceptors (Lipinski definition) is 5. The van der Waals surface area contributed by atoms with Crippen LogP contribution in [0.1, 0.15) is 32.1 Å². The van der Waals surface area contributed by atoms with Crippen LogP contribution < -0.4 is 10.5 Å². The van der Waals surface area contributed by atoms with E-state index in [1.807, 2.05) is 0 Å². The summed E-state index contributed by atoms with van der Waals surface area (Å²) in [5.41, 5.74) is 5.29. The van der Waals surface area contributed by atoms with Crippen LogP contribution >= 0.6 is 11.3 Å². The second kappa shape index (κ2) is 5.16. The van der Waals surface area contributed by atoms with Crippen LogP contribution in [0.5, 0.6) is 0 Å². The highest BCUT2D eigenvalue weighted by atomic mass is 32.2. The summed E-state index contributed by atoms with van der Waals surface area (Å²) in [7, 11) is -3.58. The van der Waals surface area contributed by atoms with Crippen molar-refractivity contribution in [3.05, 3.63) is 11.4 Å². The number of nitrogens with two attached hydrogens (primary N) is 1. The van der Waals surface area contributed by atoms with Gasteiger partial charge in [0.15, 0.2) is 0 Å². The molecule has 0 bridgehead atoms. The van der Waals surface area contributed by atoms with Gasteiger partial charge in [0.2, 0.25) is 0 Å². The van der Waals surface area contributed by atoms with E-state index in [1.54, 1.807) is 5.38 Å². The van der Waals surface area contributed by atoms with Crippen molar-refractivity contribution in [2.24, 2.45) is 0 Å². The maximum atomic E-state index is 12.2. The third-order valence-corrected chi connectivity index (χ3v) is 6.36. The molecule has 1 aliphatic rings. The van der Waals surface area contributed by atoms with Gasteiger partial charge in [-0.1, -0.05) is 19.3 Å². The minimum atomic E-state index is -3.58. The van der Waals surface area contributed by atoms with Crippen LogP contribution in [0, 0.1) is 0 Å². The van der Waals surface area contributed by atoms with Gasteiger partial charge in [-0.3, -0.25) is 0 Å². The van der Waals surface area contributed by atoms with Gasteiger partial charge in [0.1, 0.15) is 4.21 Å². The molecule has 4 N–H and O–H groups in total. The maximum Gasteiger partial charge on any atom is 0.250 e. The van der Waals surface area contributed by atoms with Gasteiger partial charge in [0, 0.05) is 11.1 Å². The van der Waals surface area contributed by atoms with E-state index in [0.717, 1.165) is 30.6 Å². The summed E-state index contributed by atoms with van der Waals surface area (Å²) in [5.74, 6) is 0. The number of rotatable bonds is 4. The van der Waals surface area contributed by atoms with Gasteiger partial charge in [0.25, 0.3) is 10.0 Å². The summed E-state index contributed by atoms with van der Waals surface area (Å²) >= 11 is 1.10. The average molecular weight is 290 g/mol. The van der Waals surface area contributed by atoms with E-state index in [-0.39, 0.29) is 10.8 Å². The highest BCUT2D eigenvalue weighted by Crippen LogP contribution is 2.31. The fourth-order valence-corrected chi connectivity index (χ4v) is 4.86. The van der Waals surface area contributed by atoms with Crippen molar-refractivity contribution in [3.8, 4) is 0 Å². The lowest BCUT2D eigenvalue weighted by Gasteiger charge is -2.35. The number of anilines is 1. The lowest BCUT2D eigenvalue weighted by Crippen LogP contribution is -2.52. The highest BCUT2D eigenvalue weighted by Gasteiger charge is 2.36. The Kier molecular flexibility index (Phi) is 3.96. The Morgan fingerprint density at radius 2 is 2.06 bits per heavy atom. The van der Waals surface area contributed by atoms with Crippen molar-refractivity contribution < 1.29 is 13.5 Å². The zero-order valence-corrected chi connectivity index (χ0v) is 11.7. The average Bonchev–Trinajstić information content (AvgIpc) is 2.77. The number of thiophene rings is 1. The molecule has 0 aliphatic heterocycles. The molecule has 1 aliphatic carbocycles. The molecular weight excluding hydrogens is 272 g/mol. The van der Waals surface area contributed by atoms with Gasteiger partial charge in [0.05, 0.1) is 12.1 Å². The molecule has 7 heteroatoms. The fraction of sp³-hybridized carbons (Fsp3) is 0.636. The minimum Gasteiger partial charge on any atom is -0.398 e. The van der Waals surface area contributed by atoms with E-state index >= 15 is 0 Å². The Morgan fingerprint density at radius 1 is 1.39 bits per heavy atom. The number of aliphatic hydroxyl groups is 1. The van der Waals surface area contributed by atoms with Crippen LogP contribution in [0.15, 0.2) is 15.7 Å². The summed E-state index contributed by atoms with van der Waals surface area (Å²) in [6.07, 6.45) is 4.34. The third-order valence-electron chi connectivity index (χ3n) is 3.32. The van der Waals surface area contributed by atoms with Crippen molar-refractivity contribution in [1.82, 2.24) is 4.72 Å². The molecule has 1 heterocycles. The SMILES string of the molecule is Nc1csc(S(=O)(=O)NC2(CO)CCCCC2)c1. The molecule has 2 rings (SSSR count). The lowest BCUT2D eigenvalue weighted by molar-refractivity contribution is 0.142. The summed E-state index contributed by atoms with van der Waals surface area (Å²) < 4.78 is 27.3. The van der Waals surface area contributed by atoms with Crippen LogP contribution in [0.25, 0.3) is 0 Å². The first kappa shape index (κ1) is 13.8. The van der Waals surface area contributed by atoms with Crippen molar-refractivity contribution in [3.63, 3.8) is 0 Å². The van der Waals surface area contributed by atoms with Gasteiger partial charge in [-0.25, -0.2) is 13.1 Å². The first-order chi connectivity index (χ1) is 8.47. The molecule has 0 radical (unpaired) electrons. The molecule has 1 saturated carbocycles. The number of aliphatic hydroxyl groups excluding tert-OH is 1. The highest BCUT2D eigenvalue weighted by molar-refractivity contribution is 7.91. The zero-order chi connectivity index (χ0) is 13.2. The van der Waals surface area contributed by atoms with Crippen molar-refractivity contribution in [2.75, 3.05) is 12.3 Å². The predicted octanol–water partition coefficient (Wildman–Crippen LogP) is 1.30. The maximum absolute atomic E-state index is 12.2. The summed E-state index contributed by atoms with van der Waals surface area (Å²) in [4.78, 5) is 0. The zero-order valence-electron chi connectivity index (χ0n) is 10.1. The number of hydrogen-bond donors (Lipinski definition) is 3. The second-order valence-electron chi connectivity index (χ2n) is 4.80. The molecule has 0 saturated heterocycles. The van der Waals surface area contributed by atoms with Gasteiger partial charge < -0.3 is 10.8 Å². The smallest absolute Gasteiger partial charge is 0.250 e. The number of nitrogen functional groups attached to an aromatic ring is 1. The Morgan fingerprint density at radius 3 is 2.56 bits per heavy atom. The van der Waals surface area contributed by atoms with E-state index in [2.05, 4.69) is 4.72 Å². The number of sulfonamides is 1. The Labute approximate surface area is 111 Å². The lowest BCUT2D eigenvalue weighted by atomic mass is 9.83. The molecule has 0 unspecified atom stereocenters. The van der Waals surface area contributed by atoms with E-state index < -0.39 is 15.6 Å². The summed E-state index contributed by atoms with van der Waals surface area (Å²) in [5, 5.41) is 11.1. The monoisotopic (exact) mass is 290 g/mol. The molecule has 1 fully saturated rings. The van der Waals surface area contributed by atoms with Crippen LogP contribution in [-0.2, 0) is 10.0 Å². The topological polar surface area (TPSA) is 92.4 Å². The van der Waals surface area contributed by atoms with Crippen LogP contribution in [0.4, 0.5) is 5.69 Å². The van der Waals surface area contributed by atoms with Crippen molar-refractivity contribution >= 4 is 27.0 Å². The van der Waals surface area contributed by atoms with Crippen LogP contribution in [0.2, 0.25) is 0 Å². The van der Waals surface area contributed by atoms with Crippen LogP contribution in [-0.4, -0.2) is 25.7 Å². The first-order valence-electron chi connectivity index (χ1n) is 5.96. The quantitative estimate of drug-likeness (QED) is 0.779. The molecule has 5 nitrogen and oxygen atoms in total. The third kappa shape index (κ3) is 2.85. The summed E-state index contributed by atoms with van der Waals surface area (Å²) in [6, 6.07) is 1.45. The van der Waals surface area contributed by atoms with E-state index in [0.29, 0.717) is 18.5 Å². The van der Waals surface area contributed by atoms with Gasteiger partial charge in [-0.05, 0) is 18.9 Å². The van der Waals surface area contributed by atoms with E-state index in [4.69, 9.17) is 5.73 Å².